The number of aromatic nitrogens is 1. The lowest BCUT2D eigenvalue weighted by molar-refractivity contribution is 0.0829. The monoisotopic (exact) mass is 259 g/mol. The molecule has 0 bridgehead atoms. The molecule has 1 aromatic rings. The highest BCUT2D eigenvalue weighted by Crippen LogP contribution is 2.20. The minimum Gasteiger partial charge on any atom is -0.336 e. The van der Waals surface area contributed by atoms with Gasteiger partial charge in [0.1, 0.15) is 5.15 Å². The molecule has 0 saturated carbocycles. The van der Waals surface area contributed by atoms with E-state index in [1.54, 1.807) is 0 Å². The first-order chi connectivity index (χ1) is 7.59. The minimum absolute atomic E-state index is 0.160. The third-order valence-corrected chi connectivity index (χ3v) is 2.66. The van der Waals surface area contributed by atoms with E-state index in [2.05, 4.69) is 10.3 Å². The van der Waals surface area contributed by atoms with E-state index in [-0.39, 0.29) is 15.7 Å². The number of halogens is 2. The predicted octanol–water partition coefficient (Wildman–Crippen LogP) is 1.55. The van der Waals surface area contributed by atoms with E-state index < -0.39 is 11.9 Å². The van der Waals surface area contributed by atoms with Crippen molar-refractivity contribution in [1.29, 1.82) is 0 Å². The lowest BCUT2D eigenvalue weighted by Crippen LogP contribution is -2.34. The molecule has 0 aliphatic carbocycles. The first kappa shape index (κ1) is 11.2. The molecule has 0 spiro atoms. The summed E-state index contributed by atoms with van der Waals surface area (Å²) in [5, 5.41) is 2.86. The zero-order valence-corrected chi connectivity index (χ0v) is 9.55. The molecule has 7 heteroatoms. The molecule has 1 aliphatic heterocycles. The number of imide groups is 1. The highest BCUT2D eigenvalue weighted by Gasteiger charge is 2.28. The second-order valence-corrected chi connectivity index (χ2v) is 3.97. The van der Waals surface area contributed by atoms with Crippen LogP contribution in [0.25, 0.3) is 0 Å². The normalized spacial score (nSPS) is 15.1. The van der Waals surface area contributed by atoms with Crippen molar-refractivity contribution in [1.82, 2.24) is 15.2 Å². The fraction of sp³-hybridized carbons (Fsp3) is 0.222. The van der Waals surface area contributed by atoms with E-state index in [4.69, 9.17) is 23.2 Å². The van der Waals surface area contributed by atoms with Crippen LogP contribution in [-0.2, 0) is 0 Å². The van der Waals surface area contributed by atoms with Crippen LogP contribution in [0.4, 0.5) is 4.79 Å². The molecule has 84 valence electrons. The van der Waals surface area contributed by atoms with E-state index in [1.165, 1.54) is 12.3 Å². The Bertz CT molecular complexity index is 464. The molecule has 1 saturated heterocycles. The molecule has 1 aliphatic rings. The number of pyridine rings is 1. The molecule has 0 atom stereocenters. The SMILES string of the molecule is O=C1NCCN1C(=O)c1cc(Cl)ncc1Cl. The Balaban J connectivity index is 2.33. The van der Waals surface area contributed by atoms with Gasteiger partial charge in [0.25, 0.3) is 5.91 Å². The van der Waals surface area contributed by atoms with Gasteiger partial charge in [0.15, 0.2) is 0 Å². The average molecular weight is 260 g/mol. The maximum Gasteiger partial charge on any atom is 0.324 e. The smallest absolute Gasteiger partial charge is 0.324 e. The molecule has 16 heavy (non-hydrogen) atoms. The summed E-state index contributed by atoms with van der Waals surface area (Å²) < 4.78 is 0. The summed E-state index contributed by atoms with van der Waals surface area (Å²) >= 11 is 11.5. The third-order valence-electron chi connectivity index (χ3n) is 2.15. The Kier molecular flexibility index (Phi) is 2.98. The van der Waals surface area contributed by atoms with Crippen LogP contribution in [0.3, 0.4) is 0 Å². The number of nitrogens with zero attached hydrogens (tertiary/aromatic N) is 2. The third kappa shape index (κ3) is 1.96. The summed E-state index contributed by atoms with van der Waals surface area (Å²) in [5.74, 6) is -0.468. The minimum atomic E-state index is -0.468. The molecular weight excluding hydrogens is 253 g/mol. The molecule has 2 heterocycles. The Morgan fingerprint density at radius 2 is 2.25 bits per heavy atom. The van der Waals surface area contributed by atoms with Gasteiger partial charge in [-0.05, 0) is 6.07 Å². The molecular formula is C9H7Cl2N3O2. The van der Waals surface area contributed by atoms with Gasteiger partial charge in [-0.25, -0.2) is 9.78 Å². The molecule has 0 aromatic carbocycles. The highest BCUT2D eigenvalue weighted by molar-refractivity contribution is 6.35. The topological polar surface area (TPSA) is 62.3 Å². The zero-order chi connectivity index (χ0) is 11.7. The number of carbonyl (C=O) groups is 2. The highest BCUT2D eigenvalue weighted by atomic mass is 35.5. The molecule has 1 fully saturated rings. The largest absolute Gasteiger partial charge is 0.336 e. The van der Waals surface area contributed by atoms with E-state index in [0.717, 1.165) is 4.90 Å². The second kappa shape index (κ2) is 4.27. The number of amides is 3. The summed E-state index contributed by atoms with van der Waals surface area (Å²) in [4.78, 5) is 28.0. The van der Waals surface area contributed by atoms with E-state index in [9.17, 15) is 9.59 Å². The van der Waals surface area contributed by atoms with Crippen molar-refractivity contribution in [3.8, 4) is 0 Å². The molecule has 3 amide bonds. The van der Waals surface area contributed by atoms with Gasteiger partial charge in [0, 0.05) is 19.3 Å². The zero-order valence-electron chi connectivity index (χ0n) is 8.04. The van der Waals surface area contributed by atoms with Crippen LogP contribution in [-0.4, -0.2) is 34.9 Å². The van der Waals surface area contributed by atoms with Crippen molar-refractivity contribution in [2.75, 3.05) is 13.1 Å². The van der Waals surface area contributed by atoms with Gasteiger partial charge in [-0.3, -0.25) is 9.69 Å². The van der Waals surface area contributed by atoms with Crippen molar-refractivity contribution < 1.29 is 9.59 Å². The van der Waals surface area contributed by atoms with Crippen LogP contribution in [0.1, 0.15) is 10.4 Å². The quantitative estimate of drug-likeness (QED) is 0.779. The number of carbonyl (C=O) groups excluding carboxylic acids is 2. The van der Waals surface area contributed by atoms with Gasteiger partial charge >= 0.3 is 6.03 Å². The van der Waals surface area contributed by atoms with E-state index in [1.807, 2.05) is 0 Å². The summed E-state index contributed by atoms with van der Waals surface area (Å²) in [6, 6.07) is 0.923. The average Bonchev–Trinajstić information content (AvgIpc) is 2.67. The van der Waals surface area contributed by atoms with Crippen molar-refractivity contribution in [2.45, 2.75) is 0 Å². The van der Waals surface area contributed by atoms with Gasteiger partial charge in [0.05, 0.1) is 10.6 Å². The van der Waals surface area contributed by atoms with Gasteiger partial charge in [-0.2, -0.15) is 0 Å². The summed E-state index contributed by atoms with van der Waals surface area (Å²) in [7, 11) is 0. The Hall–Kier alpha value is -1.33. The first-order valence-corrected chi connectivity index (χ1v) is 5.26. The molecule has 2 rings (SSSR count). The fourth-order valence-electron chi connectivity index (χ4n) is 1.39. The first-order valence-electron chi connectivity index (χ1n) is 4.50. The van der Waals surface area contributed by atoms with Gasteiger partial charge in [-0.1, -0.05) is 23.2 Å². The van der Waals surface area contributed by atoms with Crippen LogP contribution in [0, 0.1) is 0 Å². The number of rotatable bonds is 1. The molecule has 0 unspecified atom stereocenters. The number of urea groups is 1. The lowest BCUT2D eigenvalue weighted by Gasteiger charge is -2.12. The maximum atomic E-state index is 11.9. The van der Waals surface area contributed by atoms with Crippen LogP contribution in [0.2, 0.25) is 10.2 Å². The fourth-order valence-corrected chi connectivity index (χ4v) is 1.73. The summed E-state index contributed by atoms with van der Waals surface area (Å²) in [6.07, 6.45) is 1.28. The van der Waals surface area contributed by atoms with E-state index in [0.29, 0.717) is 13.1 Å². The van der Waals surface area contributed by atoms with Gasteiger partial charge in [0.2, 0.25) is 0 Å². The number of hydrogen-bond donors (Lipinski definition) is 1. The van der Waals surface area contributed by atoms with Crippen LogP contribution in [0.5, 0.6) is 0 Å². The van der Waals surface area contributed by atoms with Crippen molar-refractivity contribution in [3.05, 3.63) is 28.0 Å². The number of hydrogen-bond acceptors (Lipinski definition) is 3. The summed E-state index contributed by atoms with van der Waals surface area (Å²) in [5.41, 5.74) is 0.179. The second-order valence-electron chi connectivity index (χ2n) is 3.18. The Labute approximate surface area is 101 Å². The molecule has 1 N–H and O–H groups in total. The molecule has 0 radical (unpaired) electrons. The van der Waals surface area contributed by atoms with Gasteiger partial charge in [-0.15, -0.1) is 0 Å². The van der Waals surface area contributed by atoms with Crippen molar-refractivity contribution in [3.63, 3.8) is 0 Å². The van der Waals surface area contributed by atoms with Crippen LogP contribution >= 0.6 is 23.2 Å². The maximum absolute atomic E-state index is 11.9. The number of nitrogens with one attached hydrogen (secondary N) is 1. The van der Waals surface area contributed by atoms with Gasteiger partial charge < -0.3 is 5.32 Å². The molecule has 1 aromatic heterocycles. The van der Waals surface area contributed by atoms with Crippen LogP contribution in [0.15, 0.2) is 12.3 Å². The Morgan fingerprint density at radius 3 is 2.88 bits per heavy atom. The predicted molar refractivity (Wildman–Crippen MR) is 58.7 cm³/mol. The van der Waals surface area contributed by atoms with Crippen molar-refractivity contribution >= 4 is 35.1 Å². The molecule has 5 nitrogen and oxygen atoms in total. The lowest BCUT2D eigenvalue weighted by atomic mass is 10.2. The van der Waals surface area contributed by atoms with E-state index >= 15 is 0 Å². The summed E-state index contributed by atoms with van der Waals surface area (Å²) in [6.45, 7) is 0.773. The van der Waals surface area contributed by atoms with Crippen molar-refractivity contribution in [2.24, 2.45) is 0 Å². The Morgan fingerprint density at radius 1 is 1.50 bits per heavy atom. The standard InChI is InChI=1S/C9H7Cl2N3O2/c10-6-4-13-7(11)3-5(6)8(15)14-2-1-12-9(14)16/h3-4H,1-2H2,(H,12,16). The van der Waals surface area contributed by atoms with Crippen LogP contribution < -0.4 is 5.32 Å².